The van der Waals surface area contributed by atoms with E-state index in [2.05, 4.69) is 54.5 Å². The fourth-order valence-electron chi connectivity index (χ4n) is 1.82. The Bertz CT molecular complexity index is 424. The lowest BCUT2D eigenvalue weighted by molar-refractivity contribution is -0.117. The van der Waals surface area contributed by atoms with Crippen LogP contribution >= 0.6 is 54.5 Å². The highest BCUT2D eigenvalue weighted by Gasteiger charge is 2.30. The Labute approximate surface area is 125 Å². The van der Waals surface area contributed by atoms with Crippen LogP contribution in [-0.2, 0) is 4.79 Å². The Hall–Kier alpha value is 0.380. The summed E-state index contributed by atoms with van der Waals surface area (Å²) < 4.78 is 2.15. The van der Waals surface area contributed by atoms with Gasteiger partial charge in [0.2, 0.25) is 5.91 Å². The molecule has 1 atom stereocenters. The number of hydrogen-bond donors (Lipinski definition) is 0. The maximum atomic E-state index is 11.9. The molecular weight excluding hydrogens is 449 g/mol. The van der Waals surface area contributed by atoms with Crippen molar-refractivity contribution in [1.29, 1.82) is 0 Å². The maximum Gasteiger partial charge on any atom is 0.227 e. The Morgan fingerprint density at radius 2 is 2.25 bits per heavy atom. The predicted molar refractivity (Wildman–Crippen MR) is 81.1 cm³/mol. The van der Waals surface area contributed by atoms with Crippen LogP contribution in [0.3, 0.4) is 0 Å². The molecule has 0 aromatic heterocycles. The predicted octanol–water partition coefficient (Wildman–Crippen LogP) is 3.80. The molecule has 1 unspecified atom stereocenters. The molecule has 1 heterocycles. The van der Waals surface area contributed by atoms with Gasteiger partial charge in [-0.1, -0.05) is 15.9 Å². The van der Waals surface area contributed by atoms with Gasteiger partial charge in [0.25, 0.3) is 0 Å². The molecule has 1 fully saturated rings. The third-order valence-electron chi connectivity index (χ3n) is 2.62. The molecular formula is C11H10Br2INO. The van der Waals surface area contributed by atoms with Crippen molar-refractivity contribution in [3.8, 4) is 0 Å². The normalized spacial score (nSPS) is 20.6. The monoisotopic (exact) mass is 457 g/mol. The lowest BCUT2D eigenvalue weighted by Crippen LogP contribution is -2.25. The number of benzene rings is 1. The van der Waals surface area contributed by atoms with Crippen LogP contribution in [0.1, 0.15) is 6.42 Å². The molecule has 2 rings (SSSR count). The van der Waals surface area contributed by atoms with E-state index in [1.165, 1.54) is 0 Å². The molecule has 0 spiro atoms. The summed E-state index contributed by atoms with van der Waals surface area (Å²) >= 11 is 9.22. The number of carbonyl (C=O) groups is 1. The van der Waals surface area contributed by atoms with E-state index in [0.717, 1.165) is 25.6 Å². The SMILES string of the molecule is O=C1CC(CBr)CN1c1ccc(I)cc1Br. The highest BCUT2D eigenvalue weighted by atomic mass is 127. The van der Waals surface area contributed by atoms with E-state index in [1.54, 1.807) is 0 Å². The molecule has 0 aliphatic carbocycles. The van der Waals surface area contributed by atoms with Crippen molar-refractivity contribution in [3.63, 3.8) is 0 Å². The largest absolute Gasteiger partial charge is 0.311 e. The Morgan fingerprint density at radius 3 is 2.81 bits per heavy atom. The molecule has 16 heavy (non-hydrogen) atoms. The summed E-state index contributed by atoms with van der Waals surface area (Å²) in [6.07, 6.45) is 0.643. The van der Waals surface area contributed by atoms with E-state index >= 15 is 0 Å². The molecule has 0 saturated carbocycles. The van der Waals surface area contributed by atoms with Crippen LogP contribution in [0, 0.1) is 9.49 Å². The quantitative estimate of drug-likeness (QED) is 0.487. The zero-order valence-electron chi connectivity index (χ0n) is 8.42. The van der Waals surface area contributed by atoms with Gasteiger partial charge >= 0.3 is 0 Å². The standard InChI is InChI=1S/C11H10Br2INO/c12-5-7-3-11(16)15(6-7)10-2-1-8(14)4-9(10)13/h1-2,4,7H,3,5-6H2. The number of hydrogen-bond acceptors (Lipinski definition) is 1. The summed E-state index contributed by atoms with van der Waals surface area (Å²) in [7, 11) is 0. The van der Waals surface area contributed by atoms with E-state index in [0.29, 0.717) is 12.3 Å². The molecule has 0 radical (unpaired) electrons. The molecule has 1 aliphatic heterocycles. The minimum absolute atomic E-state index is 0.214. The fraction of sp³-hybridized carbons (Fsp3) is 0.364. The highest BCUT2D eigenvalue weighted by molar-refractivity contribution is 14.1. The maximum absolute atomic E-state index is 11.9. The second kappa shape index (κ2) is 5.35. The van der Waals surface area contributed by atoms with E-state index < -0.39 is 0 Å². The number of anilines is 1. The first-order valence-corrected chi connectivity index (χ1v) is 7.92. The van der Waals surface area contributed by atoms with Gasteiger partial charge in [-0.15, -0.1) is 0 Å². The van der Waals surface area contributed by atoms with Gasteiger partial charge in [-0.05, 0) is 62.6 Å². The van der Waals surface area contributed by atoms with Crippen LogP contribution in [0.15, 0.2) is 22.7 Å². The van der Waals surface area contributed by atoms with Gasteiger partial charge < -0.3 is 4.90 Å². The second-order valence-corrected chi connectivity index (χ2v) is 6.57. The lowest BCUT2D eigenvalue weighted by atomic mass is 10.2. The molecule has 1 amide bonds. The third kappa shape index (κ3) is 2.61. The van der Waals surface area contributed by atoms with Crippen molar-refractivity contribution in [2.45, 2.75) is 6.42 Å². The van der Waals surface area contributed by atoms with Crippen molar-refractivity contribution in [3.05, 3.63) is 26.2 Å². The summed E-state index contributed by atoms with van der Waals surface area (Å²) in [6, 6.07) is 6.06. The summed E-state index contributed by atoms with van der Waals surface area (Å²) in [5.41, 5.74) is 0.980. The van der Waals surface area contributed by atoms with Crippen LogP contribution in [-0.4, -0.2) is 17.8 Å². The molecule has 0 N–H and O–H groups in total. The van der Waals surface area contributed by atoms with Crippen molar-refractivity contribution in [2.24, 2.45) is 5.92 Å². The zero-order chi connectivity index (χ0) is 11.7. The summed E-state index contributed by atoms with van der Waals surface area (Å²) in [4.78, 5) is 13.7. The summed E-state index contributed by atoms with van der Waals surface area (Å²) in [6.45, 7) is 0.809. The fourth-order valence-corrected chi connectivity index (χ4v) is 3.76. The van der Waals surface area contributed by atoms with Gasteiger partial charge in [-0.3, -0.25) is 4.79 Å². The lowest BCUT2D eigenvalue weighted by Gasteiger charge is -2.18. The Kier molecular flexibility index (Phi) is 4.29. The van der Waals surface area contributed by atoms with E-state index in [1.807, 2.05) is 23.1 Å². The van der Waals surface area contributed by atoms with Crippen LogP contribution < -0.4 is 4.90 Å². The Balaban J connectivity index is 2.28. The van der Waals surface area contributed by atoms with Crippen molar-refractivity contribution in [2.75, 3.05) is 16.8 Å². The van der Waals surface area contributed by atoms with Crippen LogP contribution in [0.4, 0.5) is 5.69 Å². The van der Waals surface area contributed by atoms with E-state index in [-0.39, 0.29) is 5.91 Å². The van der Waals surface area contributed by atoms with Gasteiger partial charge in [0.1, 0.15) is 0 Å². The second-order valence-electron chi connectivity index (χ2n) is 3.82. The van der Waals surface area contributed by atoms with Crippen molar-refractivity contribution in [1.82, 2.24) is 0 Å². The molecule has 0 bridgehead atoms. The van der Waals surface area contributed by atoms with Gasteiger partial charge in [0, 0.05) is 26.3 Å². The number of halogens is 3. The van der Waals surface area contributed by atoms with Crippen LogP contribution in [0.25, 0.3) is 0 Å². The zero-order valence-corrected chi connectivity index (χ0v) is 13.7. The smallest absolute Gasteiger partial charge is 0.227 e. The van der Waals surface area contributed by atoms with Crippen LogP contribution in [0.5, 0.6) is 0 Å². The average Bonchev–Trinajstić information content (AvgIpc) is 2.60. The third-order valence-corrected chi connectivity index (χ3v) is 4.85. The van der Waals surface area contributed by atoms with Crippen molar-refractivity contribution >= 4 is 66.0 Å². The van der Waals surface area contributed by atoms with Gasteiger partial charge in [-0.2, -0.15) is 0 Å². The van der Waals surface area contributed by atoms with Gasteiger partial charge in [-0.25, -0.2) is 0 Å². The molecule has 1 saturated heterocycles. The number of amides is 1. The molecule has 1 aliphatic rings. The topological polar surface area (TPSA) is 20.3 Å². The number of rotatable bonds is 2. The average molecular weight is 459 g/mol. The summed E-state index contributed by atoms with van der Waals surface area (Å²) in [5, 5.41) is 0.886. The molecule has 5 heteroatoms. The molecule has 2 nitrogen and oxygen atoms in total. The highest BCUT2D eigenvalue weighted by Crippen LogP contribution is 2.32. The van der Waals surface area contributed by atoms with Crippen LogP contribution in [0.2, 0.25) is 0 Å². The first-order chi connectivity index (χ1) is 7.61. The summed E-state index contributed by atoms with van der Waals surface area (Å²) in [5.74, 6) is 0.644. The van der Waals surface area contributed by atoms with E-state index in [9.17, 15) is 4.79 Å². The number of carbonyl (C=O) groups excluding carboxylic acids is 1. The first kappa shape index (κ1) is 12.8. The minimum atomic E-state index is 0.214. The van der Waals surface area contributed by atoms with Gasteiger partial charge in [0.15, 0.2) is 0 Å². The molecule has 86 valence electrons. The Morgan fingerprint density at radius 1 is 1.50 bits per heavy atom. The van der Waals surface area contributed by atoms with Crippen molar-refractivity contribution < 1.29 is 4.79 Å². The molecule has 1 aromatic carbocycles. The number of alkyl halides is 1. The number of nitrogens with zero attached hydrogens (tertiary/aromatic N) is 1. The minimum Gasteiger partial charge on any atom is -0.311 e. The first-order valence-electron chi connectivity index (χ1n) is 4.93. The van der Waals surface area contributed by atoms with Gasteiger partial charge in [0.05, 0.1) is 5.69 Å². The molecule has 1 aromatic rings. The van der Waals surface area contributed by atoms with E-state index in [4.69, 9.17) is 0 Å².